The van der Waals surface area contributed by atoms with Crippen LogP contribution in [0.4, 0.5) is 5.82 Å². The first kappa shape index (κ1) is 15.3. The highest BCUT2D eigenvalue weighted by Gasteiger charge is 2.36. The van der Waals surface area contributed by atoms with Gasteiger partial charge < -0.3 is 14.7 Å². The molecule has 1 amide bonds. The van der Waals surface area contributed by atoms with Gasteiger partial charge in [0.2, 0.25) is 5.91 Å². The normalized spacial score (nSPS) is 22.6. The van der Waals surface area contributed by atoms with Crippen molar-refractivity contribution >= 4 is 17.4 Å². The number of amides is 1. The van der Waals surface area contributed by atoms with Gasteiger partial charge in [-0.25, -0.2) is 0 Å². The first-order chi connectivity index (χ1) is 11.6. The molecule has 4 rings (SSSR count). The lowest BCUT2D eigenvalue weighted by Crippen LogP contribution is -2.61. The minimum atomic E-state index is 0.147. The quantitative estimate of drug-likeness (QED) is 0.796. The van der Waals surface area contributed by atoms with Crippen LogP contribution >= 0.6 is 0 Å². The summed E-state index contributed by atoms with van der Waals surface area (Å²) in [7, 11) is 4.03. The van der Waals surface area contributed by atoms with Crippen LogP contribution in [-0.4, -0.2) is 81.8 Å². The number of carbonyl (C=O) groups excluding carboxylic acids is 1. The summed E-state index contributed by atoms with van der Waals surface area (Å²) in [6, 6.07) is 4.14. The lowest BCUT2D eigenvalue weighted by molar-refractivity contribution is -0.138. The average molecular weight is 329 g/mol. The second kappa shape index (κ2) is 6.01. The molecule has 2 aromatic heterocycles. The average Bonchev–Trinajstić information content (AvgIpc) is 3.00. The zero-order chi connectivity index (χ0) is 16.7. The molecule has 2 aliphatic rings. The minimum Gasteiger partial charge on any atom is -0.351 e. The Morgan fingerprint density at radius 2 is 2.12 bits per heavy atom. The van der Waals surface area contributed by atoms with Gasteiger partial charge in [-0.2, -0.15) is 4.52 Å². The van der Waals surface area contributed by atoms with Gasteiger partial charge in [0.1, 0.15) is 12.1 Å². The van der Waals surface area contributed by atoms with Crippen LogP contribution in [0.25, 0.3) is 5.65 Å². The van der Waals surface area contributed by atoms with Crippen molar-refractivity contribution in [3.8, 4) is 0 Å². The predicted molar refractivity (Wildman–Crippen MR) is 89.8 cm³/mol. The van der Waals surface area contributed by atoms with E-state index in [0.717, 1.165) is 50.5 Å². The van der Waals surface area contributed by atoms with Crippen molar-refractivity contribution in [2.45, 2.75) is 18.9 Å². The van der Waals surface area contributed by atoms with Crippen LogP contribution in [0.15, 0.2) is 18.5 Å². The highest BCUT2D eigenvalue weighted by molar-refractivity contribution is 5.79. The van der Waals surface area contributed by atoms with E-state index in [4.69, 9.17) is 0 Å². The molecule has 0 aliphatic carbocycles. The number of nitrogens with zero attached hydrogens (tertiary/aromatic N) is 7. The Morgan fingerprint density at radius 1 is 1.29 bits per heavy atom. The maximum Gasteiger partial charge on any atom is 0.227 e. The predicted octanol–water partition coefficient (Wildman–Crippen LogP) is 0.113. The third-order valence-corrected chi connectivity index (χ3v) is 5.20. The molecule has 1 atom stereocenters. The standard InChI is InChI=1S/C16H23N7O/c1-20-7-3-4-12(8-20)16(24)21(2)13-9-22(10-13)15-6-5-14-18-17-11-23(14)19-15/h5-6,11-13H,3-4,7-10H2,1-2H3. The Hall–Kier alpha value is -2.22. The number of piperidine rings is 1. The summed E-state index contributed by atoms with van der Waals surface area (Å²) in [5.74, 6) is 1.33. The van der Waals surface area contributed by atoms with E-state index in [2.05, 4.69) is 32.1 Å². The second-order valence-corrected chi connectivity index (χ2v) is 6.93. The van der Waals surface area contributed by atoms with Crippen LogP contribution in [0.5, 0.6) is 0 Å². The van der Waals surface area contributed by atoms with Crippen LogP contribution in [0.1, 0.15) is 12.8 Å². The monoisotopic (exact) mass is 329 g/mol. The van der Waals surface area contributed by atoms with E-state index >= 15 is 0 Å². The van der Waals surface area contributed by atoms with Crippen LogP contribution in [-0.2, 0) is 4.79 Å². The Kier molecular flexibility index (Phi) is 3.84. The minimum absolute atomic E-state index is 0.147. The maximum absolute atomic E-state index is 12.7. The van der Waals surface area contributed by atoms with Gasteiger partial charge >= 0.3 is 0 Å². The van der Waals surface area contributed by atoms with Gasteiger partial charge in [-0.1, -0.05) is 0 Å². The van der Waals surface area contributed by atoms with Crippen molar-refractivity contribution in [2.75, 3.05) is 45.2 Å². The number of hydrogen-bond donors (Lipinski definition) is 0. The van der Waals surface area contributed by atoms with Gasteiger partial charge in [-0.15, -0.1) is 15.3 Å². The summed E-state index contributed by atoms with van der Waals surface area (Å²) in [4.78, 5) is 19.1. The fraction of sp³-hybridized carbons (Fsp3) is 0.625. The summed E-state index contributed by atoms with van der Waals surface area (Å²) in [6.45, 7) is 3.63. The van der Waals surface area contributed by atoms with Gasteiger partial charge in [0.25, 0.3) is 0 Å². The van der Waals surface area contributed by atoms with Crippen molar-refractivity contribution in [2.24, 2.45) is 5.92 Å². The molecule has 0 N–H and O–H groups in total. The zero-order valence-corrected chi connectivity index (χ0v) is 14.2. The fourth-order valence-electron chi connectivity index (χ4n) is 3.61. The summed E-state index contributed by atoms with van der Waals surface area (Å²) in [5, 5.41) is 12.3. The zero-order valence-electron chi connectivity index (χ0n) is 14.2. The second-order valence-electron chi connectivity index (χ2n) is 6.93. The molecule has 2 aromatic rings. The molecule has 2 aliphatic heterocycles. The van der Waals surface area contributed by atoms with Gasteiger partial charge in [0.15, 0.2) is 5.65 Å². The van der Waals surface area contributed by atoms with E-state index in [1.807, 2.05) is 24.1 Å². The molecular weight excluding hydrogens is 306 g/mol. The summed E-state index contributed by atoms with van der Waals surface area (Å²) >= 11 is 0. The van der Waals surface area contributed by atoms with E-state index in [1.165, 1.54) is 0 Å². The van der Waals surface area contributed by atoms with Crippen LogP contribution in [0.2, 0.25) is 0 Å². The van der Waals surface area contributed by atoms with E-state index in [1.54, 1.807) is 10.8 Å². The summed E-state index contributed by atoms with van der Waals surface area (Å²) in [5.41, 5.74) is 0.740. The SMILES string of the molecule is CN1CCCC(C(=O)N(C)C2CN(c3ccc4nncn4n3)C2)C1. The highest BCUT2D eigenvalue weighted by Crippen LogP contribution is 2.24. The number of aromatic nitrogens is 4. The van der Waals surface area contributed by atoms with E-state index < -0.39 is 0 Å². The molecule has 1 unspecified atom stereocenters. The molecular formula is C16H23N7O. The first-order valence-corrected chi connectivity index (χ1v) is 8.49. The van der Waals surface area contributed by atoms with Crippen molar-refractivity contribution in [1.82, 2.24) is 29.6 Å². The Bertz CT molecular complexity index is 739. The topological polar surface area (TPSA) is 69.9 Å². The van der Waals surface area contributed by atoms with Crippen LogP contribution in [0, 0.1) is 5.92 Å². The lowest BCUT2D eigenvalue weighted by Gasteiger charge is -2.45. The fourth-order valence-corrected chi connectivity index (χ4v) is 3.61. The number of rotatable bonds is 3. The molecule has 2 saturated heterocycles. The van der Waals surface area contributed by atoms with Crippen molar-refractivity contribution < 1.29 is 4.79 Å². The molecule has 0 radical (unpaired) electrons. The Labute approximate surface area is 141 Å². The number of hydrogen-bond acceptors (Lipinski definition) is 6. The molecule has 0 spiro atoms. The molecule has 0 saturated carbocycles. The molecule has 8 nitrogen and oxygen atoms in total. The number of anilines is 1. The number of carbonyl (C=O) groups is 1. The smallest absolute Gasteiger partial charge is 0.227 e. The van der Waals surface area contributed by atoms with Gasteiger partial charge in [-0.05, 0) is 38.6 Å². The third kappa shape index (κ3) is 2.71. The van der Waals surface area contributed by atoms with Crippen molar-refractivity contribution in [3.05, 3.63) is 18.5 Å². The van der Waals surface area contributed by atoms with Gasteiger partial charge in [0.05, 0.1) is 12.0 Å². The molecule has 4 heterocycles. The maximum atomic E-state index is 12.7. The summed E-state index contributed by atoms with van der Waals surface area (Å²) in [6.07, 6.45) is 3.72. The molecule has 24 heavy (non-hydrogen) atoms. The first-order valence-electron chi connectivity index (χ1n) is 8.49. The molecule has 0 aromatic carbocycles. The number of likely N-dealkylation sites (N-methyl/N-ethyl adjacent to an activating group) is 1. The Balaban J connectivity index is 1.36. The number of fused-ring (bicyclic) bond motifs is 1. The van der Waals surface area contributed by atoms with Crippen molar-refractivity contribution in [1.29, 1.82) is 0 Å². The summed E-state index contributed by atoms with van der Waals surface area (Å²) < 4.78 is 1.68. The van der Waals surface area contributed by atoms with Crippen LogP contribution in [0.3, 0.4) is 0 Å². The van der Waals surface area contributed by atoms with Crippen molar-refractivity contribution in [3.63, 3.8) is 0 Å². The molecule has 2 fully saturated rings. The molecule has 0 bridgehead atoms. The van der Waals surface area contributed by atoms with E-state index in [-0.39, 0.29) is 17.9 Å². The molecule has 128 valence electrons. The van der Waals surface area contributed by atoms with E-state index in [0.29, 0.717) is 0 Å². The van der Waals surface area contributed by atoms with E-state index in [9.17, 15) is 4.79 Å². The lowest BCUT2D eigenvalue weighted by atomic mass is 9.95. The Morgan fingerprint density at radius 3 is 2.92 bits per heavy atom. The number of likely N-dealkylation sites (tertiary alicyclic amines) is 1. The van der Waals surface area contributed by atoms with Crippen LogP contribution < -0.4 is 4.90 Å². The third-order valence-electron chi connectivity index (χ3n) is 5.20. The molecule has 8 heteroatoms. The van der Waals surface area contributed by atoms with Gasteiger partial charge in [-0.3, -0.25) is 4.79 Å². The highest BCUT2D eigenvalue weighted by atomic mass is 16.2. The largest absolute Gasteiger partial charge is 0.351 e. The van der Waals surface area contributed by atoms with Gasteiger partial charge in [0, 0.05) is 26.7 Å².